The lowest BCUT2D eigenvalue weighted by Gasteiger charge is -2.33. The van der Waals surface area contributed by atoms with E-state index in [0.29, 0.717) is 19.1 Å². The number of morpholine rings is 1. The molecule has 2 aliphatic heterocycles. The number of aromatic nitrogens is 1. The van der Waals surface area contributed by atoms with Crippen molar-refractivity contribution < 1.29 is 18.9 Å². The number of nitrogens with zero attached hydrogens (tertiary/aromatic N) is 3. The van der Waals surface area contributed by atoms with Gasteiger partial charge in [0.05, 0.1) is 33.0 Å². The molecular weight excluding hydrogens is 454 g/mol. The number of methoxy groups -OCH3 is 1. The first-order chi connectivity index (χ1) is 17.8. The van der Waals surface area contributed by atoms with Crippen molar-refractivity contribution in [1.82, 2.24) is 4.98 Å². The fourth-order valence-electron chi connectivity index (χ4n) is 4.77. The third kappa shape index (κ3) is 6.28. The van der Waals surface area contributed by atoms with Gasteiger partial charge in [0.25, 0.3) is 0 Å². The Balaban J connectivity index is 1.42. The van der Waals surface area contributed by atoms with Crippen LogP contribution in [0.3, 0.4) is 0 Å². The van der Waals surface area contributed by atoms with Crippen LogP contribution in [-0.2, 0) is 22.5 Å². The van der Waals surface area contributed by atoms with Gasteiger partial charge in [-0.3, -0.25) is 0 Å². The van der Waals surface area contributed by atoms with Crippen molar-refractivity contribution >= 4 is 11.5 Å². The van der Waals surface area contributed by atoms with Crippen LogP contribution in [0.15, 0.2) is 66.7 Å². The summed E-state index contributed by atoms with van der Waals surface area (Å²) in [6.45, 7) is 5.97. The summed E-state index contributed by atoms with van der Waals surface area (Å²) in [5, 5.41) is 0. The molecule has 7 nitrogen and oxygen atoms in total. The SMILES string of the molecule is COc1ccc(COc2cc(N3CCOCC3)cc(N3CCCOC[C@@H]3Cc3ccccc3)n2)cc1. The molecule has 36 heavy (non-hydrogen) atoms. The van der Waals surface area contributed by atoms with Gasteiger partial charge in [-0.15, -0.1) is 0 Å². The van der Waals surface area contributed by atoms with Gasteiger partial charge in [0, 0.05) is 44.1 Å². The van der Waals surface area contributed by atoms with E-state index in [1.807, 2.05) is 24.3 Å². The van der Waals surface area contributed by atoms with Gasteiger partial charge in [-0.05, 0) is 36.1 Å². The average molecular weight is 490 g/mol. The number of hydrogen-bond acceptors (Lipinski definition) is 7. The molecule has 1 atom stereocenters. The van der Waals surface area contributed by atoms with Crippen LogP contribution < -0.4 is 19.3 Å². The highest BCUT2D eigenvalue weighted by molar-refractivity contribution is 5.59. The molecule has 0 amide bonds. The predicted octanol–water partition coefficient (Wildman–Crippen LogP) is 4.34. The summed E-state index contributed by atoms with van der Waals surface area (Å²) in [7, 11) is 1.67. The minimum absolute atomic E-state index is 0.205. The summed E-state index contributed by atoms with van der Waals surface area (Å²) in [5.41, 5.74) is 3.50. The fourth-order valence-corrected chi connectivity index (χ4v) is 4.77. The standard InChI is InChI=1S/C29H35N3O4/c1-33-27-10-8-24(9-11-27)21-36-29-20-25(31-13-16-34-17-14-31)19-28(30-29)32-12-5-15-35-22-26(32)18-23-6-3-2-4-7-23/h2-4,6-11,19-20,26H,5,12-18,21-22H2,1H3/t26-/m0/s1. The highest BCUT2D eigenvalue weighted by Gasteiger charge is 2.25. The maximum Gasteiger partial charge on any atom is 0.217 e. The Kier molecular flexibility index (Phi) is 8.20. The third-order valence-electron chi connectivity index (χ3n) is 6.74. The van der Waals surface area contributed by atoms with E-state index in [1.54, 1.807) is 7.11 Å². The number of anilines is 2. The topological polar surface area (TPSA) is 56.3 Å². The molecule has 0 unspecified atom stereocenters. The average Bonchev–Trinajstić information content (AvgIpc) is 3.18. The molecule has 5 rings (SSSR count). The van der Waals surface area contributed by atoms with Crippen molar-refractivity contribution in [3.63, 3.8) is 0 Å². The molecule has 1 aromatic heterocycles. The Morgan fingerprint density at radius 1 is 0.889 bits per heavy atom. The van der Waals surface area contributed by atoms with Crippen molar-refractivity contribution in [1.29, 1.82) is 0 Å². The molecular formula is C29H35N3O4. The van der Waals surface area contributed by atoms with E-state index in [2.05, 4.69) is 52.3 Å². The van der Waals surface area contributed by atoms with Crippen molar-refractivity contribution in [3.05, 3.63) is 77.9 Å². The van der Waals surface area contributed by atoms with Gasteiger partial charge in [0.2, 0.25) is 5.88 Å². The van der Waals surface area contributed by atoms with Crippen LogP contribution in [0.25, 0.3) is 0 Å². The molecule has 2 saturated heterocycles. The highest BCUT2D eigenvalue weighted by Crippen LogP contribution is 2.30. The predicted molar refractivity (Wildman–Crippen MR) is 141 cm³/mol. The first kappa shape index (κ1) is 24.4. The second-order valence-electron chi connectivity index (χ2n) is 9.22. The molecule has 0 aliphatic carbocycles. The summed E-state index contributed by atoms with van der Waals surface area (Å²) in [5.74, 6) is 2.41. The Hall–Kier alpha value is -3.29. The summed E-state index contributed by atoms with van der Waals surface area (Å²) >= 11 is 0. The van der Waals surface area contributed by atoms with E-state index in [4.69, 9.17) is 23.9 Å². The molecule has 0 spiro atoms. The van der Waals surface area contributed by atoms with E-state index >= 15 is 0 Å². The molecule has 2 fully saturated rings. The Morgan fingerprint density at radius 2 is 1.69 bits per heavy atom. The van der Waals surface area contributed by atoms with Crippen molar-refractivity contribution in [2.75, 3.05) is 63.0 Å². The van der Waals surface area contributed by atoms with Crippen LogP contribution in [0, 0.1) is 0 Å². The largest absolute Gasteiger partial charge is 0.497 e. The van der Waals surface area contributed by atoms with Crippen LogP contribution in [0.2, 0.25) is 0 Å². The Morgan fingerprint density at radius 3 is 2.47 bits per heavy atom. The third-order valence-corrected chi connectivity index (χ3v) is 6.74. The van der Waals surface area contributed by atoms with Gasteiger partial charge in [-0.1, -0.05) is 42.5 Å². The number of pyridine rings is 1. The van der Waals surface area contributed by atoms with Crippen LogP contribution in [0.5, 0.6) is 11.6 Å². The van der Waals surface area contributed by atoms with Crippen LogP contribution in [0.1, 0.15) is 17.5 Å². The van der Waals surface area contributed by atoms with Gasteiger partial charge < -0.3 is 28.7 Å². The zero-order chi connectivity index (χ0) is 24.6. The first-order valence-electron chi connectivity index (χ1n) is 12.8. The Labute approximate surface area is 213 Å². The molecule has 0 N–H and O–H groups in total. The molecule has 0 saturated carbocycles. The molecule has 0 bridgehead atoms. The van der Waals surface area contributed by atoms with E-state index < -0.39 is 0 Å². The van der Waals surface area contributed by atoms with Crippen molar-refractivity contribution in [2.24, 2.45) is 0 Å². The zero-order valence-electron chi connectivity index (χ0n) is 21.0. The molecule has 190 valence electrons. The second kappa shape index (κ2) is 12.1. The molecule has 2 aromatic carbocycles. The van der Waals surface area contributed by atoms with E-state index in [1.165, 1.54) is 5.56 Å². The van der Waals surface area contributed by atoms with Gasteiger partial charge in [-0.25, -0.2) is 0 Å². The smallest absolute Gasteiger partial charge is 0.217 e. The monoisotopic (exact) mass is 489 g/mol. The minimum Gasteiger partial charge on any atom is -0.497 e. The molecule has 7 heteroatoms. The quantitative estimate of drug-likeness (QED) is 0.466. The van der Waals surface area contributed by atoms with E-state index in [9.17, 15) is 0 Å². The normalized spacial score (nSPS) is 18.5. The maximum absolute atomic E-state index is 6.25. The summed E-state index contributed by atoms with van der Waals surface area (Å²) in [4.78, 5) is 9.76. The van der Waals surface area contributed by atoms with E-state index in [0.717, 1.165) is 75.1 Å². The second-order valence-corrected chi connectivity index (χ2v) is 9.22. The summed E-state index contributed by atoms with van der Waals surface area (Å²) in [6.07, 6.45) is 1.88. The van der Waals surface area contributed by atoms with Crippen LogP contribution in [-0.4, -0.2) is 64.2 Å². The number of hydrogen-bond donors (Lipinski definition) is 0. The molecule has 3 aromatic rings. The first-order valence-corrected chi connectivity index (χ1v) is 12.8. The van der Waals surface area contributed by atoms with E-state index in [-0.39, 0.29) is 6.04 Å². The lowest BCUT2D eigenvalue weighted by atomic mass is 10.0. The number of rotatable bonds is 8. The molecule has 3 heterocycles. The maximum atomic E-state index is 6.25. The molecule has 2 aliphatic rings. The van der Waals surface area contributed by atoms with Crippen molar-refractivity contribution in [3.8, 4) is 11.6 Å². The van der Waals surface area contributed by atoms with Gasteiger partial charge in [-0.2, -0.15) is 4.98 Å². The molecule has 0 radical (unpaired) electrons. The fraction of sp³-hybridized carbons (Fsp3) is 0.414. The number of benzene rings is 2. The summed E-state index contributed by atoms with van der Waals surface area (Å²) in [6, 6.07) is 23.0. The van der Waals surface area contributed by atoms with Gasteiger partial charge >= 0.3 is 0 Å². The lowest BCUT2D eigenvalue weighted by molar-refractivity contribution is 0.122. The van der Waals surface area contributed by atoms with Gasteiger partial charge in [0.1, 0.15) is 18.2 Å². The van der Waals surface area contributed by atoms with Crippen molar-refractivity contribution in [2.45, 2.75) is 25.5 Å². The summed E-state index contributed by atoms with van der Waals surface area (Å²) < 4.78 is 23.1. The Bertz CT molecular complexity index is 1090. The highest BCUT2D eigenvalue weighted by atomic mass is 16.5. The number of ether oxygens (including phenoxy) is 4. The lowest BCUT2D eigenvalue weighted by Crippen LogP contribution is -2.40. The minimum atomic E-state index is 0.205. The van der Waals surface area contributed by atoms with Crippen LogP contribution in [0.4, 0.5) is 11.5 Å². The zero-order valence-corrected chi connectivity index (χ0v) is 21.0. The van der Waals surface area contributed by atoms with Gasteiger partial charge in [0.15, 0.2) is 0 Å². The van der Waals surface area contributed by atoms with Crippen LogP contribution >= 0.6 is 0 Å².